The highest BCUT2D eigenvalue weighted by molar-refractivity contribution is 7.98. The van der Waals surface area contributed by atoms with E-state index in [-0.39, 0.29) is 16.5 Å². The number of thiazole rings is 1. The molecular formula is C15H10F3N5OS2. The Kier molecular flexibility index (Phi) is 3.99. The minimum Gasteiger partial charge on any atom is -0.302 e. The summed E-state index contributed by atoms with van der Waals surface area (Å²) < 4.78 is 41.6. The third-order valence-corrected chi connectivity index (χ3v) is 5.76. The number of para-hydroxylation sites is 1. The third-order valence-electron chi connectivity index (χ3n) is 3.69. The van der Waals surface area contributed by atoms with Gasteiger partial charge >= 0.3 is 6.18 Å². The fraction of sp³-hybridized carbons (Fsp3) is 0.200. The van der Waals surface area contributed by atoms with E-state index in [0.29, 0.717) is 10.7 Å². The molecule has 26 heavy (non-hydrogen) atoms. The second kappa shape index (κ2) is 6.09. The number of nitrogens with zero attached hydrogens (tertiary/aromatic N) is 5. The molecule has 0 atom stereocenters. The SMILES string of the molecule is Cn1c(SCc2cc(=O)n3c(n2)sc2ccccc23)nnc1C(F)(F)F. The van der Waals surface area contributed by atoms with E-state index in [2.05, 4.69) is 15.2 Å². The monoisotopic (exact) mass is 397 g/mol. The summed E-state index contributed by atoms with van der Waals surface area (Å²) in [5, 5.41) is 6.85. The summed E-state index contributed by atoms with van der Waals surface area (Å²) in [6.07, 6.45) is -4.56. The van der Waals surface area contributed by atoms with Crippen molar-refractivity contribution in [2.45, 2.75) is 17.1 Å². The first-order valence-electron chi connectivity index (χ1n) is 7.34. The van der Waals surface area contributed by atoms with Crippen molar-refractivity contribution in [2.24, 2.45) is 7.05 Å². The molecule has 4 aromatic rings. The summed E-state index contributed by atoms with van der Waals surface area (Å²) in [7, 11) is 1.25. The first-order valence-corrected chi connectivity index (χ1v) is 9.14. The van der Waals surface area contributed by atoms with E-state index in [4.69, 9.17) is 0 Å². The summed E-state index contributed by atoms with van der Waals surface area (Å²) >= 11 is 2.43. The maximum atomic E-state index is 12.8. The average Bonchev–Trinajstić information content (AvgIpc) is 3.13. The highest BCUT2D eigenvalue weighted by Crippen LogP contribution is 2.30. The Morgan fingerprint density at radius 1 is 1.23 bits per heavy atom. The van der Waals surface area contributed by atoms with Crippen molar-refractivity contribution >= 4 is 38.3 Å². The minimum atomic E-state index is -4.56. The molecule has 4 rings (SSSR count). The van der Waals surface area contributed by atoms with E-state index < -0.39 is 12.0 Å². The zero-order valence-electron chi connectivity index (χ0n) is 13.2. The van der Waals surface area contributed by atoms with Crippen LogP contribution in [-0.2, 0) is 19.0 Å². The molecule has 11 heteroatoms. The van der Waals surface area contributed by atoms with Crippen LogP contribution in [0.1, 0.15) is 11.5 Å². The number of hydrogen-bond donors (Lipinski definition) is 0. The minimum absolute atomic E-state index is 0.107. The molecular weight excluding hydrogens is 387 g/mol. The van der Waals surface area contributed by atoms with Crippen molar-refractivity contribution in [3.63, 3.8) is 0 Å². The Balaban J connectivity index is 1.65. The number of rotatable bonds is 3. The molecule has 0 saturated heterocycles. The summed E-state index contributed by atoms with van der Waals surface area (Å²) in [6, 6.07) is 8.86. The lowest BCUT2D eigenvalue weighted by atomic mass is 10.3. The number of thioether (sulfide) groups is 1. The van der Waals surface area contributed by atoms with Gasteiger partial charge in [0.15, 0.2) is 10.1 Å². The van der Waals surface area contributed by atoms with Gasteiger partial charge in [0.2, 0.25) is 5.82 Å². The van der Waals surface area contributed by atoms with Crippen molar-refractivity contribution in [1.82, 2.24) is 24.1 Å². The molecule has 0 aliphatic heterocycles. The lowest BCUT2D eigenvalue weighted by Crippen LogP contribution is -2.14. The molecule has 0 N–H and O–H groups in total. The number of hydrogen-bond acceptors (Lipinski definition) is 6. The Hall–Kier alpha value is -2.40. The van der Waals surface area contributed by atoms with Crippen LogP contribution in [0.15, 0.2) is 40.3 Å². The second-order valence-electron chi connectivity index (χ2n) is 5.43. The van der Waals surface area contributed by atoms with Gasteiger partial charge < -0.3 is 4.57 Å². The van der Waals surface area contributed by atoms with E-state index in [1.54, 1.807) is 0 Å². The molecule has 0 amide bonds. The van der Waals surface area contributed by atoms with Gasteiger partial charge in [-0.2, -0.15) is 13.2 Å². The van der Waals surface area contributed by atoms with Crippen LogP contribution in [0, 0.1) is 0 Å². The molecule has 0 saturated carbocycles. The van der Waals surface area contributed by atoms with E-state index in [1.165, 1.54) is 28.9 Å². The maximum absolute atomic E-state index is 12.8. The molecule has 0 fully saturated rings. The van der Waals surface area contributed by atoms with Crippen LogP contribution in [0.3, 0.4) is 0 Å². The van der Waals surface area contributed by atoms with Crippen LogP contribution in [0.5, 0.6) is 0 Å². The zero-order valence-corrected chi connectivity index (χ0v) is 14.8. The van der Waals surface area contributed by atoms with E-state index in [0.717, 1.165) is 26.5 Å². The maximum Gasteiger partial charge on any atom is 0.451 e. The standard InChI is InChI=1S/C15H10F3N5OS2/c1-22-12(15(16,17)18)20-21-14(22)25-7-8-6-11(24)23-9-4-2-3-5-10(9)26-13(23)19-8/h2-6H,7H2,1H3. The molecule has 0 radical (unpaired) electrons. The fourth-order valence-corrected chi connectivity index (χ4v) is 4.38. The van der Waals surface area contributed by atoms with Gasteiger partial charge in [0.05, 0.1) is 15.9 Å². The molecule has 0 unspecified atom stereocenters. The first-order chi connectivity index (χ1) is 12.3. The molecule has 3 heterocycles. The Morgan fingerprint density at radius 2 is 2.00 bits per heavy atom. The van der Waals surface area contributed by atoms with Crippen LogP contribution in [0.2, 0.25) is 0 Å². The van der Waals surface area contributed by atoms with Crippen molar-refractivity contribution in [1.29, 1.82) is 0 Å². The number of halogens is 3. The van der Waals surface area contributed by atoms with Crippen LogP contribution in [0.4, 0.5) is 13.2 Å². The number of benzene rings is 1. The van der Waals surface area contributed by atoms with Gasteiger partial charge in [-0.3, -0.25) is 9.20 Å². The highest BCUT2D eigenvalue weighted by atomic mass is 32.2. The Bertz CT molecular complexity index is 1180. The van der Waals surface area contributed by atoms with Gasteiger partial charge in [0.1, 0.15) is 0 Å². The molecule has 0 bridgehead atoms. The molecule has 0 spiro atoms. The topological polar surface area (TPSA) is 65.1 Å². The van der Waals surface area contributed by atoms with Gasteiger partial charge in [-0.1, -0.05) is 35.2 Å². The van der Waals surface area contributed by atoms with Crippen LogP contribution in [0.25, 0.3) is 15.2 Å². The summed E-state index contributed by atoms with van der Waals surface area (Å²) in [5.41, 5.74) is 1.03. The van der Waals surface area contributed by atoms with Crippen LogP contribution >= 0.6 is 23.1 Å². The van der Waals surface area contributed by atoms with Gasteiger partial charge in [-0.15, -0.1) is 10.2 Å². The first kappa shape index (κ1) is 17.0. The van der Waals surface area contributed by atoms with E-state index >= 15 is 0 Å². The molecule has 6 nitrogen and oxygen atoms in total. The Labute approximate surface area is 152 Å². The highest BCUT2D eigenvalue weighted by Gasteiger charge is 2.37. The molecule has 134 valence electrons. The molecule has 3 aromatic heterocycles. The van der Waals surface area contributed by atoms with E-state index in [1.807, 2.05) is 24.3 Å². The lowest BCUT2D eigenvalue weighted by molar-refractivity contribution is -0.147. The van der Waals surface area contributed by atoms with Crippen LogP contribution < -0.4 is 5.56 Å². The average molecular weight is 397 g/mol. The van der Waals surface area contributed by atoms with Gasteiger partial charge in [-0.05, 0) is 12.1 Å². The zero-order chi connectivity index (χ0) is 18.5. The largest absolute Gasteiger partial charge is 0.451 e. The molecule has 1 aromatic carbocycles. The normalized spacial score (nSPS) is 12.3. The smallest absolute Gasteiger partial charge is 0.302 e. The van der Waals surface area contributed by atoms with Crippen molar-refractivity contribution in [3.05, 3.63) is 52.2 Å². The summed E-state index contributed by atoms with van der Waals surface area (Å²) in [5.74, 6) is -0.850. The van der Waals surface area contributed by atoms with Crippen molar-refractivity contribution in [2.75, 3.05) is 0 Å². The Morgan fingerprint density at radius 3 is 2.73 bits per heavy atom. The van der Waals surface area contributed by atoms with Crippen LogP contribution in [-0.4, -0.2) is 24.1 Å². The van der Waals surface area contributed by atoms with E-state index in [9.17, 15) is 18.0 Å². The third kappa shape index (κ3) is 2.86. The predicted molar refractivity (Wildman–Crippen MR) is 92.4 cm³/mol. The van der Waals surface area contributed by atoms with Crippen molar-refractivity contribution in [3.8, 4) is 0 Å². The predicted octanol–water partition coefficient (Wildman–Crippen LogP) is 3.35. The number of aromatic nitrogens is 5. The number of fused-ring (bicyclic) bond motifs is 3. The summed E-state index contributed by atoms with van der Waals surface area (Å²) in [6.45, 7) is 0. The van der Waals surface area contributed by atoms with Crippen molar-refractivity contribution < 1.29 is 13.2 Å². The summed E-state index contributed by atoms with van der Waals surface area (Å²) in [4.78, 5) is 17.4. The molecule has 0 aliphatic rings. The molecule has 0 aliphatic carbocycles. The number of alkyl halides is 3. The lowest BCUT2D eigenvalue weighted by Gasteiger charge is -2.06. The van der Waals surface area contributed by atoms with Gasteiger partial charge in [-0.25, -0.2) is 4.98 Å². The quantitative estimate of drug-likeness (QED) is 0.496. The van der Waals surface area contributed by atoms with Gasteiger partial charge in [0, 0.05) is 18.9 Å². The van der Waals surface area contributed by atoms with Gasteiger partial charge in [0.25, 0.3) is 5.56 Å². The fourth-order valence-electron chi connectivity index (χ4n) is 2.52. The second-order valence-corrected chi connectivity index (χ2v) is 7.38.